The number of hydrogen-bond donors (Lipinski definition) is 4. The highest BCUT2D eigenvalue weighted by molar-refractivity contribution is 7.79. The Kier molecular flexibility index (Phi) is 11.5. The molecule has 0 aliphatic rings. The number of aryl methyl sites for hydroxylation is 1. The monoisotopic (exact) mass is 496 g/mol. The van der Waals surface area contributed by atoms with Crippen LogP contribution in [0.2, 0.25) is 10.0 Å². The molecule has 0 aliphatic carbocycles. The summed E-state index contributed by atoms with van der Waals surface area (Å²) in [6.07, 6.45) is 0. The average Bonchev–Trinajstić information content (AvgIpc) is 2.73. The number of phenolic OH excluding ortho intramolecular Hbond substituents is 2. The summed E-state index contributed by atoms with van der Waals surface area (Å²) >= 11 is 11.0. The molecule has 0 bridgehead atoms. The van der Waals surface area contributed by atoms with Crippen LogP contribution < -0.4 is 0 Å². The van der Waals surface area contributed by atoms with Crippen LogP contribution in [0.4, 0.5) is 0 Å². The fourth-order valence-corrected chi connectivity index (χ4v) is 2.59. The maximum Gasteiger partial charge on any atom is 0.394 e. The molecular weight excluding hydrogens is 475 g/mol. The van der Waals surface area contributed by atoms with Gasteiger partial charge >= 0.3 is 10.4 Å². The normalized spacial score (nSPS) is 9.91. The van der Waals surface area contributed by atoms with Crippen molar-refractivity contribution in [1.82, 2.24) is 0 Å². The second-order valence-electron chi connectivity index (χ2n) is 6.18. The Balaban J connectivity index is 0.000000220. The van der Waals surface area contributed by atoms with Crippen molar-refractivity contribution < 1.29 is 27.7 Å². The van der Waals surface area contributed by atoms with Crippen LogP contribution in [0.15, 0.2) is 91.0 Å². The second-order valence-corrected chi connectivity index (χ2v) is 7.92. The van der Waals surface area contributed by atoms with E-state index in [-0.39, 0.29) is 10.8 Å². The van der Waals surface area contributed by atoms with Crippen molar-refractivity contribution in [2.45, 2.75) is 6.92 Å². The first kappa shape index (κ1) is 27.2. The Bertz CT molecular complexity index is 1140. The summed E-state index contributed by atoms with van der Waals surface area (Å²) in [7, 11) is -4.67. The molecule has 4 rings (SSSR count). The summed E-state index contributed by atoms with van der Waals surface area (Å²) in [5.41, 5.74) is 0.924. The minimum absolute atomic E-state index is 0.0565. The van der Waals surface area contributed by atoms with Crippen LogP contribution in [0.3, 0.4) is 0 Å². The zero-order valence-corrected chi connectivity index (χ0v) is 19.3. The van der Waals surface area contributed by atoms with Gasteiger partial charge in [0.25, 0.3) is 0 Å². The van der Waals surface area contributed by atoms with Gasteiger partial charge in [-0.15, -0.1) is 0 Å². The minimum Gasteiger partial charge on any atom is -0.508 e. The zero-order valence-electron chi connectivity index (χ0n) is 16.9. The molecule has 0 saturated carbocycles. The Morgan fingerprint density at radius 1 is 0.656 bits per heavy atom. The van der Waals surface area contributed by atoms with Gasteiger partial charge in [-0.25, -0.2) is 0 Å². The van der Waals surface area contributed by atoms with E-state index in [1.54, 1.807) is 12.1 Å². The maximum atomic E-state index is 8.92. The number of para-hydroxylation sites is 1. The van der Waals surface area contributed by atoms with Crippen LogP contribution in [0.25, 0.3) is 10.8 Å². The molecule has 4 N–H and O–H groups in total. The SMILES string of the molecule is Cc1ccccc1O.O=S(=O)(O)O.Oc1ccc(Cl)cc1Cl.c1ccc2ccccc2c1. The van der Waals surface area contributed by atoms with Crippen molar-refractivity contribution in [1.29, 1.82) is 0 Å². The molecule has 32 heavy (non-hydrogen) atoms. The summed E-state index contributed by atoms with van der Waals surface area (Å²) in [6.45, 7) is 1.87. The first-order chi connectivity index (χ1) is 15.0. The highest BCUT2D eigenvalue weighted by Crippen LogP contribution is 2.25. The molecule has 6 nitrogen and oxygen atoms in total. The Morgan fingerprint density at radius 3 is 1.38 bits per heavy atom. The molecule has 0 spiro atoms. The fourth-order valence-electron chi connectivity index (χ4n) is 2.18. The third-order valence-electron chi connectivity index (χ3n) is 3.68. The van der Waals surface area contributed by atoms with Crippen LogP contribution in [0.5, 0.6) is 11.5 Å². The van der Waals surface area contributed by atoms with Crippen LogP contribution in [0, 0.1) is 6.92 Å². The van der Waals surface area contributed by atoms with Gasteiger partial charge in [0.1, 0.15) is 11.5 Å². The molecule has 0 atom stereocenters. The average molecular weight is 497 g/mol. The molecule has 0 amide bonds. The molecule has 0 aliphatic heterocycles. The molecule has 0 saturated heterocycles. The second kappa shape index (κ2) is 13.6. The molecule has 0 radical (unpaired) electrons. The number of fused-ring (bicyclic) bond motifs is 1. The quantitative estimate of drug-likeness (QED) is 0.204. The third kappa shape index (κ3) is 12.1. The molecule has 0 heterocycles. The third-order valence-corrected chi connectivity index (χ3v) is 4.22. The van der Waals surface area contributed by atoms with E-state index in [1.165, 1.54) is 22.9 Å². The molecular formula is C23H22Cl2O6S. The van der Waals surface area contributed by atoms with Crippen molar-refractivity contribution >= 4 is 44.4 Å². The summed E-state index contributed by atoms with van der Waals surface area (Å²) in [5, 5.41) is 21.2. The summed E-state index contributed by atoms with van der Waals surface area (Å²) in [6, 6.07) is 28.5. The molecule has 4 aromatic rings. The lowest BCUT2D eigenvalue weighted by Gasteiger charge is -1.93. The van der Waals surface area contributed by atoms with Crippen molar-refractivity contribution in [3.05, 3.63) is 107 Å². The van der Waals surface area contributed by atoms with Gasteiger partial charge in [0.2, 0.25) is 0 Å². The highest BCUT2D eigenvalue weighted by Gasteiger charge is 1.95. The maximum absolute atomic E-state index is 8.92. The van der Waals surface area contributed by atoms with Crippen LogP contribution >= 0.6 is 23.2 Å². The molecule has 9 heteroatoms. The van der Waals surface area contributed by atoms with Gasteiger partial charge in [-0.1, -0.05) is 89.9 Å². The topological polar surface area (TPSA) is 115 Å². The lowest BCUT2D eigenvalue weighted by atomic mass is 10.1. The van der Waals surface area contributed by atoms with Gasteiger partial charge in [0, 0.05) is 5.02 Å². The smallest absolute Gasteiger partial charge is 0.394 e. The fraction of sp³-hybridized carbons (Fsp3) is 0.0435. The van der Waals surface area contributed by atoms with E-state index in [1.807, 2.05) is 25.1 Å². The van der Waals surface area contributed by atoms with E-state index in [2.05, 4.69) is 48.5 Å². The predicted octanol–water partition coefficient (Wildman–Crippen LogP) is 6.59. The minimum atomic E-state index is -4.67. The molecule has 4 aromatic carbocycles. The number of halogens is 2. The largest absolute Gasteiger partial charge is 0.508 e. The van der Waals surface area contributed by atoms with Crippen molar-refractivity contribution in [2.75, 3.05) is 0 Å². The first-order valence-corrected chi connectivity index (χ1v) is 11.1. The molecule has 0 unspecified atom stereocenters. The van der Waals surface area contributed by atoms with Crippen LogP contribution in [0.1, 0.15) is 5.56 Å². The first-order valence-electron chi connectivity index (χ1n) is 8.99. The van der Waals surface area contributed by atoms with E-state index >= 15 is 0 Å². The lowest BCUT2D eigenvalue weighted by Crippen LogP contribution is -1.89. The van der Waals surface area contributed by atoms with Crippen molar-refractivity contribution in [3.63, 3.8) is 0 Å². The van der Waals surface area contributed by atoms with Gasteiger partial charge < -0.3 is 10.2 Å². The van der Waals surface area contributed by atoms with Crippen LogP contribution in [-0.4, -0.2) is 27.7 Å². The van der Waals surface area contributed by atoms with E-state index < -0.39 is 10.4 Å². The van der Waals surface area contributed by atoms with Crippen molar-refractivity contribution in [2.24, 2.45) is 0 Å². The summed E-state index contributed by atoms with van der Waals surface area (Å²) < 4.78 is 31.6. The van der Waals surface area contributed by atoms with Gasteiger partial charge in [0.15, 0.2) is 0 Å². The standard InChI is InChI=1S/C10H8.C7H8O.C6H4Cl2O.H2O4S/c1-2-6-10-8-4-3-7-9(10)5-1;1-6-4-2-3-5-7(6)8;7-4-1-2-6(9)5(8)3-4;1-5(2,3)4/h1-8H;2-5,8H,1H3;1-3,9H;(H2,1,2,3,4). The van der Waals surface area contributed by atoms with Gasteiger partial charge in [-0.3, -0.25) is 9.11 Å². The van der Waals surface area contributed by atoms with Gasteiger partial charge in [-0.05, 0) is 47.5 Å². The lowest BCUT2D eigenvalue weighted by molar-refractivity contribution is 0.381. The van der Waals surface area contributed by atoms with Crippen LogP contribution in [-0.2, 0) is 10.4 Å². The summed E-state index contributed by atoms with van der Waals surface area (Å²) in [5.74, 6) is 0.425. The van der Waals surface area contributed by atoms with E-state index in [0.717, 1.165) is 5.56 Å². The molecule has 0 aromatic heterocycles. The number of rotatable bonds is 0. The number of phenols is 2. The highest BCUT2D eigenvalue weighted by atomic mass is 35.5. The Morgan fingerprint density at radius 2 is 1.06 bits per heavy atom. The molecule has 0 fully saturated rings. The van der Waals surface area contributed by atoms with E-state index in [0.29, 0.717) is 10.8 Å². The predicted molar refractivity (Wildman–Crippen MR) is 129 cm³/mol. The number of hydrogen-bond acceptors (Lipinski definition) is 4. The van der Waals surface area contributed by atoms with Crippen molar-refractivity contribution in [3.8, 4) is 11.5 Å². The molecule has 170 valence electrons. The number of benzene rings is 4. The van der Waals surface area contributed by atoms with E-state index in [4.69, 9.17) is 50.9 Å². The Labute approximate surface area is 196 Å². The van der Waals surface area contributed by atoms with Gasteiger partial charge in [0.05, 0.1) is 5.02 Å². The zero-order chi connectivity index (χ0) is 24.1. The Hall–Kier alpha value is -2.81. The summed E-state index contributed by atoms with van der Waals surface area (Å²) in [4.78, 5) is 0. The van der Waals surface area contributed by atoms with Gasteiger partial charge in [-0.2, -0.15) is 8.42 Å². The number of aromatic hydroxyl groups is 2. The van der Waals surface area contributed by atoms with E-state index in [9.17, 15) is 0 Å².